The number of rotatable bonds is 1. The summed E-state index contributed by atoms with van der Waals surface area (Å²) in [6.07, 6.45) is -0.200. The van der Waals surface area contributed by atoms with Crippen molar-refractivity contribution in [1.29, 1.82) is 0 Å². The van der Waals surface area contributed by atoms with Crippen LogP contribution in [0.3, 0.4) is 0 Å². The topological polar surface area (TPSA) is 36.3 Å². The van der Waals surface area contributed by atoms with Gasteiger partial charge in [0.2, 0.25) is 0 Å². The van der Waals surface area contributed by atoms with E-state index in [0.717, 1.165) is 17.0 Å². The summed E-state index contributed by atoms with van der Waals surface area (Å²) in [7, 11) is 1.93. The molecule has 1 saturated heterocycles. The molecule has 4 nitrogen and oxygen atoms in total. The summed E-state index contributed by atoms with van der Waals surface area (Å²) in [5.74, 6) is 0. The Bertz CT molecular complexity index is 314. The lowest BCUT2D eigenvalue weighted by Gasteiger charge is -2.08. The summed E-state index contributed by atoms with van der Waals surface area (Å²) in [6, 6.07) is 0. The van der Waals surface area contributed by atoms with Crippen LogP contribution in [0.2, 0.25) is 0 Å². The molecule has 0 radical (unpaired) electrons. The highest BCUT2D eigenvalue weighted by Gasteiger charge is 2.24. The molecule has 2 heterocycles. The van der Waals surface area contributed by atoms with Gasteiger partial charge in [0.1, 0.15) is 0 Å². The van der Waals surface area contributed by atoms with Gasteiger partial charge in [0, 0.05) is 12.7 Å². The molecule has 0 N–H and O–H groups in total. The average Bonchev–Trinajstić information content (AvgIpc) is 2.63. The van der Waals surface area contributed by atoms with Crippen LogP contribution in [-0.4, -0.2) is 23.0 Å². The van der Waals surface area contributed by atoms with Crippen molar-refractivity contribution in [3.05, 3.63) is 17.0 Å². The fraction of sp³-hybridized carbons (Fsp3) is 0.667. The maximum Gasteiger partial charge on any atom is 0.187 e. The Morgan fingerprint density at radius 1 is 1.31 bits per heavy atom. The molecule has 0 atom stereocenters. The zero-order valence-electron chi connectivity index (χ0n) is 8.20. The minimum absolute atomic E-state index is 0.200. The Morgan fingerprint density at radius 2 is 1.92 bits per heavy atom. The first kappa shape index (κ1) is 8.72. The first-order valence-corrected chi connectivity index (χ1v) is 4.43. The molecule has 1 aromatic rings. The van der Waals surface area contributed by atoms with Crippen molar-refractivity contribution in [2.24, 2.45) is 7.05 Å². The van der Waals surface area contributed by atoms with Gasteiger partial charge in [0.05, 0.1) is 24.5 Å². The van der Waals surface area contributed by atoms with Crippen LogP contribution < -0.4 is 0 Å². The molecule has 0 aromatic carbocycles. The van der Waals surface area contributed by atoms with Crippen molar-refractivity contribution in [2.75, 3.05) is 13.2 Å². The predicted molar refractivity (Wildman–Crippen MR) is 47.3 cm³/mol. The number of aromatic nitrogens is 2. The maximum atomic E-state index is 5.44. The van der Waals surface area contributed by atoms with E-state index in [0.29, 0.717) is 13.2 Å². The molecular formula is C9H14N2O2. The van der Waals surface area contributed by atoms with E-state index in [4.69, 9.17) is 9.47 Å². The summed E-state index contributed by atoms with van der Waals surface area (Å²) >= 11 is 0. The van der Waals surface area contributed by atoms with Gasteiger partial charge in [-0.3, -0.25) is 4.68 Å². The van der Waals surface area contributed by atoms with Gasteiger partial charge in [-0.2, -0.15) is 5.10 Å². The molecule has 0 amide bonds. The predicted octanol–water partition coefficient (Wildman–Crippen LogP) is 1.08. The second-order valence-electron chi connectivity index (χ2n) is 3.28. The standard InChI is InChI=1S/C9H14N2O2/c1-6-8(7(2)11(3)10-6)9-12-4-5-13-9/h9H,4-5H2,1-3H3. The van der Waals surface area contributed by atoms with Crippen LogP contribution in [0, 0.1) is 13.8 Å². The van der Waals surface area contributed by atoms with Crippen molar-refractivity contribution in [3.8, 4) is 0 Å². The van der Waals surface area contributed by atoms with Gasteiger partial charge in [0.25, 0.3) is 0 Å². The van der Waals surface area contributed by atoms with Crippen molar-refractivity contribution in [1.82, 2.24) is 9.78 Å². The molecular weight excluding hydrogens is 168 g/mol. The molecule has 1 fully saturated rings. The first-order chi connectivity index (χ1) is 6.20. The van der Waals surface area contributed by atoms with Crippen molar-refractivity contribution in [2.45, 2.75) is 20.1 Å². The highest BCUT2D eigenvalue weighted by molar-refractivity contribution is 5.25. The second-order valence-corrected chi connectivity index (χ2v) is 3.28. The van der Waals surface area contributed by atoms with Crippen molar-refractivity contribution >= 4 is 0 Å². The van der Waals surface area contributed by atoms with E-state index in [-0.39, 0.29) is 6.29 Å². The minimum Gasteiger partial charge on any atom is -0.346 e. The Balaban J connectivity index is 2.37. The zero-order valence-corrected chi connectivity index (χ0v) is 8.20. The van der Waals surface area contributed by atoms with E-state index in [1.807, 2.05) is 25.6 Å². The lowest BCUT2D eigenvalue weighted by atomic mass is 10.2. The summed E-state index contributed by atoms with van der Waals surface area (Å²) < 4.78 is 12.7. The molecule has 1 aliphatic heterocycles. The largest absolute Gasteiger partial charge is 0.346 e. The molecule has 4 heteroatoms. The van der Waals surface area contributed by atoms with E-state index < -0.39 is 0 Å². The molecule has 0 saturated carbocycles. The van der Waals surface area contributed by atoms with Gasteiger partial charge < -0.3 is 9.47 Å². The van der Waals surface area contributed by atoms with Gasteiger partial charge in [-0.25, -0.2) is 0 Å². The maximum absolute atomic E-state index is 5.44. The number of hydrogen-bond acceptors (Lipinski definition) is 3. The van der Waals surface area contributed by atoms with E-state index in [1.165, 1.54) is 0 Å². The average molecular weight is 182 g/mol. The minimum atomic E-state index is -0.200. The van der Waals surface area contributed by atoms with Crippen LogP contribution in [0.5, 0.6) is 0 Å². The molecule has 13 heavy (non-hydrogen) atoms. The van der Waals surface area contributed by atoms with Gasteiger partial charge in [-0.1, -0.05) is 0 Å². The quantitative estimate of drug-likeness (QED) is 0.652. The summed E-state index contributed by atoms with van der Waals surface area (Å²) in [4.78, 5) is 0. The molecule has 72 valence electrons. The van der Waals surface area contributed by atoms with Gasteiger partial charge in [-0.15, -0.1) is 0 Å². The van der Waals surface area contributed by atoms with Crippen LogP contribution in [0.25, 0.3) is 0 Å². The van der Waals surface area contributed by atoms with Gasteiger partial charge in [-0.05, 0) is 13.8 Å². The molecule has 0 unspecified atom stereocenters. The van der Waals surface area contributed by atoms with Crippen LogP contribution in [-0.2, 0) is 16.5 Å². The van der Waals surface area contributed by atoms with Crippen LogP contribution in [0.4, 0.5) is 0 Å². The summed E-state index contributed by atoms with van der Waals surface area (Å²) in [5, 5.41) is 4.31. The van der Waals surface area contributed by atoms with Gasteiger partial charge in [0.15, 0.2) is 6.29 Å². The first-order valence-electron chi connectivity index (χ1n) is 4.43. The Morgan fingerprint density at radius 3 is 2.38 bits per heavy atom. The third-order valence-corrected chi connectivity index (χ3v) is 2.42. The molecule has 2 rings (SSSR count). The number of aryl methyl sites for hydroxylation is 2. The highest BCUT2D eigenvalue weighted by atomic mass is 16.7. The number of hydrogen-bond donors (Lipinski definition) is 0. The second kappa shape index (κ2) is 3.12. The smallest absolute Gasteiger partial charge is 0.187 e. The van der Waals surface area contributed by atoms with E-state index >= 15 is 0 Å². The van der Waals surface area contributed by atoms with Gasteiger partial charge >= 0.3 is 0 Å². The van der Waals surface area contributed by atoms with Crippen molar-refractivity contribution < 1.29 is 9.47 Å². The normalized spacial score (nSPS) is 18.4. The molecule has 0 bridgehead atoms. The Labute approximate surface area is 77.4 Å². The fourth-order valence-electron chi connectivity index (χ4n) is 1.66. The van der Waals surface area contributed by atoms with Crippen LogP contribution in [0.15, 0.2) is 0 Å². The third-order valence-electron chi connectivity index (χ3n) is 2.42. The monoisotopic (exact) mass is 182 g/mol. The van der Waals surface area contributed by atoms with Crippen molar-refractivity contribution in [3.63, 3.8) is 0 Å². The summed E-state index contributed by atoms with van der Waals surface area (Å²) in [5.41, 5.74) is 3.19. The zero-order chi connectivity index (χ0) is 9.42. The van der Waals surface area contributed by atoms with E-state index in [9.17, 15) is 0 Å². The van der Waals surface area contributed by atoms with E-state index in [2.05, 4.69) is 5.10 Å². The van der Waals surface area contributed by atoms with Crippen LogP contribution in [0.1, 0.15) is 23.2 Å². The molecule has 1 aromatic heterocycles. The van der Waals surface area contributed by atoms with E-state index in [1.54, 1.807) is 0 Å². The Kier molecular flexibility index (Phi) is 2.09. The third kappa shape index (κ3) is 1.36. The molecule has 0 spiro atoms. The molecule has 1 aliphatic rings. The number of ether oxygens (including phenoxy) is 2. The SMILES string of the molecule is Cc1nn(C)c(C)c1C1OCCO1. The lowest BCUT2D eigenvalue weighted by Crippen LogP contribution is -2.01. The fourth-order valence-corrected chi connectivity index (χ4v) is 1.66. The molecule has 0 aliphatic carbocycles. The summed E-state index contributed by atoms with van der Waals surface area (Å²) in [6.45, 7) is 5.37. The van der Waals surface area contributed by atoms with Crippen LogP contribution >= 0.6 is 0 Å². The number of nitrogens with zero attached hydrogens (tertiary/aromatic N) is 2. The lowest BCUT2D eigenvalue weighted by molar-refractivity contribution is -0.0450. The highest BCUT2D eigenvalue weighted by Crippen LogP contribution is 2.28. The Hall–Kier alpha value is -0.870.